The molecule has 1 saturated carbocycles. The molecule has 2 amide bonds. The first kappa shape index (κ1) is 16.6. The van der Waals surface area contributed by atoms with Crippen LogP contribution in [0.25, 0.3) is 0 Å². The molecule has 3 aliphatic rings. The first-order valence-corrected chi connectivity index (χ1v) is 9.16. The van der Waals surface area contributed by atoms with Crippen LogP contribution >= 0.6 is 0 Å². The number of H-pyrrole nitrogens is 1. The van der Waals surface area contributed by atoms with Crippen molar-refractivity contribution in [3.8, 4) is 0 Å². The van der Waals surface area contributed by atoms with E-state index < -0.39 is 0 Å². The average molecular weight is 346 g/mol. The van der Waals surface area contributed by atoms with Gasteiger partial charge in [-0.2, -0.15) is 5.10 Å². The van der Waals surface area contributed by atoms with Crippen LogP contribution in [0.15, 0.2) is 12.4 Å². The second kappa shape index (κ2) is 5.83. The van der Waals surface area contributed by atoms with Gasteiger partial charge in [0.15, 0.2) is 0 Å². The monoisotopic (exact) mass is 346 g/mol. The molecule has 1 N–H and O–H groups in total. The van der Waals surface area contributed by atoms with E-state index in [0.717, 1.165) is 31.4 Å². The van der Waals surface area contributed by atoms with E-state index in [1.54, 1.807) is 17.3 Å². The maximum Gasteiger partial charge on any atom is 0.228 e. The average Bonchev–Trinajstić information content (AvgIpc) is 3.26. The van der Waals surface area contributed by atoms with Crippen LogP contribution in [0.3, 0.4) is 0 Å². The lowest BCUT2D eigenvalue weighted by Gasteiger charge is -2.49. The molecule has 0 radical (unpaired) electrons. The number of anilines is 1. The number of amides is 2. The first-order valence-electron chi connectivity index (χ1n) is 9.16. The Morgan fingerprint density at radius 3 is 2.76 bits per heavy atom. The highest BCUT2D eigenvalue weighted by Gasteiger charge is 2.49. The molecule has 1 aliphatic carbocycles. The summed E-state index contributed by atoms with van der Waals surface area (Å²) in [6, 6.07) is 0. The molecule has 1 unspecified atom stereocenters. The minimum absolute atomic E-state index is 0.0113. The Morgan fingerprint density at radius 2 is 2.08 bits per heavy atom. The molecule has 3 fully saturated rings. The van der Waals surface area contributed by atoms with Gasteiger partial charge in [-0.05, 0) is 26.7 Å². The van der Waals surface area contributed by atoms with Crippen LogP contribution in [0, 0.1) is 5.92 Å². The maximum absolute atomic E-state index is 13.2. The number of morpholine rings is 1. The number of rotatable bonds is 2. The topological polar surface area (TPSA) is 78.5 Å². The van der Waals surface area contributed by atoms with E-state index in [9.17, 15) is 9.59 Å². The summed E-state index contributed by atoms with van der Waals surface area (Å²) in [4.78, 5) is 29.1. The zero-order valence-corrected chi connectivity index (χ0v) is 15.0. The zero-order valence-electron chi connectivity index (χ0n) is 15.0. The van der Waals surface area contributed by atoms with E-state index in [-0.39, 0.29) is 35.4 Å². The van der Waals surface area contributed by atoms with Crippen LogP contribution < -0.4 is 4.90 Å². The molecule has 7 heteroatoms. The number of aromatic amines is 1. The van der Waals surface area contributed by atoms with Crippen LogP contribution in [-0.4, -0.2) is 57.7 Å². The van der Waals surface area contributed by atoms with Crippen molar-refractivity contribution in [2.75, 3.05) is 24.5 Å². The van der Waals surface area contributed by atoms with Gasteiger partial charge < -0.3 is 14.5 Å². The number of hydrogen-bond donors (Lipinski definition) is 1. The predicted octanol–water partition coefficient (Wildman–Crippen LogP) is 1.71. The molecular formula is C18H26N4O3. The van der Waals surface area contributed by atoms with Crippen molar-refractivity contribution in [2.24, 2.45) is 5.92 Å². The molecule has 4 rings (SSSR count). The van der Waals surface area contributed by atoms with Crippen molar-refractivity contribution < 1.29 is 14.3 Å². The summed E-state index contributed by atoms with van der Waals surface area (Å²) in [5, 5.41) is 6.62. The van der Waals surface area contributed by atoms with E-state index in [4.69, 9.17) is 4.74 Å². The number of nitrogens with zero attached hydrogens (tertiary/aromatic N) is 3. The van der Waals surface area contributed by atoms with E-state index >= 15 is 0 Å². The molecule has 0 bridgehead atoms. The van der Waals surface area contributed by atoms with Crippen molar-refractivity contribution in [3.63, 3.8) is 0 Å². The van der Waals surface area contributed by atoms with E-state index in [1.165, 1.54) is 0 Å². The SMILES string of the molecule is CC1(C)CN(C(=O)C2CC(=O)N(c3cn[nH]c3)C2)CC2(CCCC2)O1. The summed E-state index contributed by atoms with van der Waals surface area (Å²) in [6.45, 7) is 5.80. The quantitative estimate of drug-likeness (QED) is 0.884. The number of carbonyl (C=O) groups excluding carboxylic acids is 2. The molecule has 0 aromatic carbocycles. The lowest BCUT2D eigenvalue weighted by Crippen LogP contribution is -2.61. The maximum atomic E-state index is 13.2. The molecule has 1 aromatic rings. The number of carbonyl (C=O) groups is 2. The number of nitrogens with one attached hydrogen (secondary N) is 1. The Morgan fingerprint density at radius 1 is 1.32 bits per heavy atom. The standard InChI is InChI=1S/C18H26N4O3/c1-17(2)11-21(12-18(25-17)5-3-4-6-18)16(24)13-7-15(23)22(10-13)14-8-19-20-9-14/h8-9,13H,3-7,10-12H2,1-2H3,(H,19,20). The third kappa shape index (κ3) is 3.05. The van der Waals surface area contributed by atoms with Crippen molar-refractivity contribution in [3.05, 3.63) is 12.4 Å². The van der Waals surface area contributed by atoms with E-state index in [2.05, 4.69) is 24.0 Å². The van der Waals surface area contributed by atoms with Gasteiger partial charge in [0.2, 0.25) is 11.8 Å². The minimum atomic E-state index is -0.342. The molecule has 7 nitrogen and oxygen atoms in total. The predicted molar refractivity (Wildman–Crippen MR) is 92.0 cm³/mol. The molecule has 3 heterocycles. The van der Waals surface area contributed by atoms with E-state index in [1.807, 2.05) is 4.90 Å². The third-order valence-electron chi connectivity index (χ3n) is 5.64. The summed E-state index contributed by atoms with van der Waals surface area (Å²) in [5.74, 6) is -0.209. The smallest absolute Gasteiger partial charge is 0.228 e. The molecule has 1 spiro atoms. The number of aromatic nitrogens is 2. The van der Waals surface area contributed by atoms with Crippen LogP contribution in [0.1, 0.15) is 46.0 Å². The number of ether oxygens (including phenoxy) is 1. The Hall–Kier alpha value is -1.89. The normalized spacial score (nSPS) is 28.1. The molecular weight excluding hydrogens is 320 g/mol. The van der Waals surface area contributed by atoms with E-state index in [0.29, 0.717) is 19.6 Å². The summed E-state index contributed by atoms with van der Waals surface area (Å²) < 4.78 is 6.38. The Bertz CT molecular complexity index is 664. The van der Waals surface area contributed by atoms with Gasteiger partial charge in [0.05, 0.1) is 29.0 Å². The summed E-state index contributed by atoms with van der Waals surface area (Å²) in [5.41, 5.74) is 0.199. The summed E-state index contributed by atoms with van der Waals surface area (Å²) in [6.07, 6.45) is 7.94. The van der Waals surface area contributed by atoms with Crippen LogP contribution in [0.2, 0.25) is 0 Å². The summed E-state index contributed by atoms with van der Waals surface area (Å²) >= 11 is 0. The highest BCUT2D eigenvalue weighted by molar-refractivity contribution is 6.00. The fraction of sp³-hybridized carbons (Fsp3) is 0.722. The lowest BCUT2D eigenvalue weighted by molar-refractivity contribution is -0.199. The Labute approximate surface area is 147 Å². The van der Waals surface area contributed by atoms with Gasteiger partial charge in [0.1, 0.15) is 0 Å². The van der Waals surface area contributed by atoms with Crippen molar-refractivity contribution in [1.29, 1.82) is 0 Å². The largest absolute Gasteiger partial charge is 0.365 e. The fourth-order valence-corrected chi connectivity index (χ4v) is 4.72. The second-order valence-corrected chi connectivity index (χ2v) is 8.31. The zero-order chi connectivity index (χ0) is 17.7. The van der Waals surface area contributed by atoms with Gasteiger partial charge in [-0.1, -0.05) is 12.8 Å². The molecule has 25 heavy (non-hydrogen) atoms. The third-order valence-corrected chi connectivity index (χ3v) is 5.64. The van der Waals surface area contributed by atoms with Gasteiger partial charge in [0, 0.05) is 32.3 Å². The Balaban J connectivity index is 1.49. The molecule has 1 atom stereocenters. The molecule has 2 aliphatic heterocycles. The van der Waals surface area contributed by atoms with Gasteiger partial charge in [0.25, 0.3) is 0 Å². The van der Waals surface area contributed by atoms with Crippen molar-refractivity contribution in [2.45, 2.75) is 57.2 Å². The van der Waals surface area contributed by atoms with Gasteiger partial charge in [-0.3, -0.25) is 14.7 Å². The molecule has 2 saturated heterocycles. The highest BCUT2D eigenvalue weighted by atomic mass is 16.5. The van der Waals surface area contributed by atoms with Crippen LogP contribution in [-0.2, 0) is 14.3 Å². The lowest BCUT2D eigenvalue weighted by atomic mass is 9.93. The number of hydrogen-bond acceptors (Lipinski definition) is 4. The van der Waals surface area contributed by atoms with Gasteiger partial charge in [-0.25, -0.2) is 0 Å². The second-order valence-electron chi connectivity index (χ2n) is 8.31. The van der Waals surface area contributed by atoms with Gasteiger partial charge in [-0.15, -0.1) is 0 Å². The Kier molecular flexibility index (Phi) is 3.86. The molecule has 136 valence electrons. The van der Waals surface area contributed by atoms with Gasteiger partial charge >= 0.3 is 0 Å². The first-order chi connectivity index (χ1) is 11.9. The van der Waals surface area contributed by atoms with Crippen LogP contribution in [0.4, 0.5) is 5.69 Å². The van der Waals surface area contributed by atoms with Crippen molar-refractivity contribution in [1.82, 2.24) is 15.1 Å². The summed E-state index contributed by atoms with van der Waals surface area (Å²) in [7, 11) is 0. The highest BCUT2D eigenvalue weighted by Crippen LogP contribution is 2.41. The fourth-order valence-electron chi connectivity index (χ4n) is 4.72. The van der Waals surface area contributed by atoms with Crippen LogP contribution in [0.5, 0.6) is 0 Å². The minimum Gasteiger partial charge on any atom is -0.365 e. The van der Waals surface area contributed by atoms with Crippen molar-refractivity contribution >= 4 is 17.5 Å². The molecule has 1 aromatic heterocycles.